The van der Waals surface area contributed by atoms with Crippen LogP contribution in [0, 0.1) is 0 Å². The molecule has 0 unspecified atom stereocenters. The number of alkyl halides is 1. The van der Waals surface area contributed by atoms with E-state index in [1.54, 1.807) is 0 Å². The first kappa shape index (κ1) is 11.1. The fourth-order valence-corrected chi connectivity index (χ4v) is 2.81. The molecule has 0 radical (unpaired) electrons. The molecule has 15 heavy (non-hydrogen) atoms. The fourth-order valence-electron chi connectivity index (χ4n) is 1.83. The minimum Gasteiger partial charge on any atom is -0.358 e. The number of hydrogen-bond acceptors (Lipinski definition) is 4. The zero-order chi connectivity index (χ0) is 10.7. The van der Waals surface area contributed by atoms with Gasteiger partial charge in [-0.15, -0.1) is 11.6 Å². The molecule has 1 aromatic rings. The number of hydrogen-bond donors (Lipinski definition) is 1. The summed E-state index contributed by atoms with van der Waals surface area (Å²) in [6.45, 7) is 2.07. The van der Waals surface area contributed by atoms with E-state index >= 15 is 0 Å². The lowest BCUT2D eigenvalue weighted by Crippen LogP contribution is -2.26. The molecular formula is C10H16ClN3S. The molecular weight excluding hydrogens is 230 g/mol. The molecule has 0 atom stereocenters. The highest BCUT2D eigenvalue weighted by Gasteiger charge is 2.20. The van der Waals surface area contributed by atoms with Gasteiger partial charge in [-0.05, 0) is 25.7 Å². The molecule has 0 aromatic carbocycles. The minimum absolute atomic E-state index is 0.378. The summed E-state index contributed by atoms with van der Waals surface area (Å²) in [5.41, 5.74) is 0. The molecule has 0 spiro atoms. The van der Waals surface area contributed by atoms with Crippen molar-refractivity contribution in [1.82, 2.24) is 9.36 Å². The third kappa shape index (κ3) is 3.05. The van der Waals surface area contributed by atoms with Gasteiger partial charge in [-0.25, -0.2) is 4.98 Å². The van der Waals surface area contributed by atoms with Crippen LogP contribution in [0.1, 0.15) is 38.4 Å². The quantitative estimate of drug-likeness (QED) is 0.832. The fraction of sp³-hybridized carbons (Fsp3) is 0.800. The molecule has 5 heteroatoms. The van der Waals surface area contributed by atoms with Crippen LogP contribution in [0.5, 0.6) is 0 Å². The summed E-state index contributed by atoms with van der Waals surface area (Å²) in [7, 11) is 0. The van der Waals surface area contributed by atoms with Crippen LogP contribution in [0.25, 0.3) is 0 Å². The van der Waals surface area contributed by atoms with Gasteiger partial charge in [0.05, 0.1) is 0 Å². The van der Waals surface area contributed by atoms with Crippen molar-refractivity contribution in [3.05, 3.63) is 5.82 Å². The summed E-state index contributed by atoms with van der Waals surface area (Å²) in [4.78, 5) is 4.41. The second kappa shape index (κ2) is 5.12. The van der Waals surface area contributed by atoms with Crippen molar-refractivity contribution in [2.45, 2.75) is 50.4 Å². The number of nitrogens with zero attached hydrogens (tertiary/aromatic N) is 2. The number of anilines is 1. The van der Waals surface area contributed by atoms with Gasteiger partial charge in [-0.1, -0.05) is 6.92 Å². The van der Waals surface area contributed by atoms with Gasteiger partial charge in [0.2, 0.25) is 5.13 Å². The standard InChI is InChI=1S/C10H16ClN3S/c1-2-9-13-10(15-14-9)12-8-5-3-7(11)4-6-8/h7-8H,2-6H2,1H3,(H,12,13,14). The predicted molar refractivity (Wildman–Crippen MR) is 64.8 cm³/mol. The summed E-state index contributed by atoms with van der Waals surface area (Å²) in [5, 5.41) is 4.78. The van der Waals surface area contributed by atoms with Crippen LogP contribution >= 0.6 is 23.1 Å². The summed E-state index contributed by atoms with van der Waals surface area (Å²) >= 11 is 7.52. The van der Waals surface area contributed by atoms with Crippen LogP contribution in [-0.2, 0) is 6.42 Å². The number of rotatable bonds is 3. The first-order valence-corrected chi connectivity index (χ1v) is 6.72. The van der Waals surface area contributed by atoms with Crippen molar-refractivity contribution in [1.29, 1.82) is 0 Å². The lowest BCUT2D eigenvalue weighted by molar-refractivity contribution is 0.468. The maximum absolute atomic E-state index is 6.06. The highest BCUT2D eigenvalue weighted by Crippen LogP contribution is 2.25. The molecule has 1 fully saturated rings. The molecule has 84 valence electrons. The summed E-state index contributed by atoms with van der Waals surface area (Å²) in [6.07, 6.45) is 5.42. The highest BCUT2D eigenvalue weighted by atomic mass is 35.5. The van der Waals surface area contributed by atoms with Crippen molar-refractivity contribution < 1.29 is 0 Å². The van der Waals surface area contributed by atoms with E-state index in [2.05, 4.69) is 21.6 Å². The monoisotopic (exact) mass is 245 g/mol. The highest BCUT2D eigenvalue weighted by molar-refractivity contribution is 7.09. The third-order valence-corrected chi connectivity index (χ3v) is 3.89. The van der Waals surface area contributed by atoms with E-state index in [9.17, 15) is 0 Å². The molecule has 1 heterocycles. The van der Waals surface area contributed by atoms with Crippen molar-refractivity contribution in [2.24, 2.45) is 0 Å². The maximum Gasteiger partial charge on any atom is 0.202 e. The second-order valence-electron chi connectivity index (χ2n) is 3.96. The number of halogens is 1. The Morgan fingerprint density at radius 3 is 2.73 bits per heavy atom. The third-order valence-electron chi connectivity index (χ3n) is 2.77. The van der Waals surface area contributed by atoms with Gasteiger partial charge in [0.15, 0.2) is 0 Å². The van der Waals surface area contributed by atoms with Crippen LogP contribution < -0.4 is 5.32 Å². The summed E-state index contributed by atoms with van der Waals surface area (Å²) < 4.78 is 4.26. The largest absolute Gasteiger partial charge is 0.358 e. The molecule has 2 rings (SSSR count). The van der Waals surface area contributed by atoms with Crippen molar-refractivity contribution in [3.8, 4) is 0 Å². The van der Waals surface area contributed by atoms with Gasteiger partial charge in [-0.2, -0.15) is 4.37 Å². The van der Waals surface area contributed by atoms with Gasteiger partial charge >= 0.3 is 0 Å². The van der Waals surface area contributed by atoms with E-state index in [1.165, 1.54) is 11.5 Å². The smallest absolute Gasteiger partial charge is 0.202 e. The Morgan fingerprint density at radius 2 is 2.13 bits per heavy atom. The topological polar surface area (TPSA) is 37.8 Å². The molecule has 1 aliphatic rings. The Balaban J connectivity index is 1.86. The van der Waals surface area contributed by atoms with E-state index in [0.29, 0.717) is 11.4 Å². The normalized spacial score (nSPS) is 26.5. The van der Waals surface area contributed by atoms with Crippen molar-refractivity contribution >= 4 is 28.3 Å². The lowest BCUT2D eigenvalue weighted by Gasteiger charge is -2.25. The molecule has 1 aliphatic carbocycles. The molecule has 3 nitrogen and oxygen atoms in total. The van der Waals surface area contributed by atoms with Gasteiger partial charge in [0.1, 0.15) is 5.82 Å². The van der Waals surface area contributed by atoms with Crippen LogP contribution in [0.2, 0.25) is 0 Å². The van der Waals surface area contributed by atoms with E-state index < -0.39 is 0 Å². The average Bonchev–Trinajstić information content (AvgIpc) is 2.69. The molecule has 0 aliphatic heterocycles. The predicted octanol–water partition coefficient (Wildman–Crippen LogP) is 3.06. The number of aryl methyl sites for hydroxylation is 1. The first-order valence-electron chi connectivity index (χ1n) is 5.51. The van der Waals surface area contributed by atoms with Crippen molar-refractivity contribution in [2.75, 3.05) is 5.32 Å². The summed E-state index contributed by atoms with van der Waals surface area (Å²) in [5.74, 6) is 0.938. The summed E-state index contributed by atoms with van der Waals surface area (Å²) in [6, 6.07) is 0.539. The Hall–Kier alpha value is -0.350. The molecule has 0 bridgehead atoms. The molecule has 0 saturated heterocycles. The Labute approximate surface area is 99.4 Å². The molecule has 1 aromatic heterocycles. The maximum atomic E-state index is 6.06. The van der Waals surface area contributed by atoms with Gasteiger partial charge < -0.3 is 5.32 Å². The Kier molecular flexibility index (Phi) is 3.81. The lowest BCUT2D eigenvalue weighted by atomic mass is 9.95. The molecule has 1 N–H and O–H groups in total. The van der Waals surface area contributed by atoms with Gasteiger partial charge in [0, 0.05) is 29.4 Å². The Bertz CT molecular complexity index is 307. The molecule has 1 saturated carbocycles. The van der Waals surface area contributed by atoms with Gasteiger partial charge in [-0.3, -0.25) is 0 Å². The zero-order valence-electron chi connectivity index (χ0n) is 8.87. The Morgan fingerprint density at radius 1 is 1.40 bits per heavy atom. The van der Waals surface area contributed by atoms with E-state index in [4.69, 9.17) is 11.6 Å². The number of aromatic nitrogens is 2. The van der Waals surface area contributed by atoms with E-state index in [1.807, 2.05) is 0 Å². The van der Waals surface area contributed by atoms with Crippen molar-refractivity contribution in [3.63, 3.8) is 0 Å². The minimum atomic E-state index is 0.378. The van der Waals surface area contributed by atoms with E-state index in [-0.39, 0.29) is 0 Å². The molecule has 0 amide bonds. The first-order chi connectivity index (χ1) is 7.28. The average molecular weight is 246 g/mol. The van der Waals surface area contributed by atoms with Crippen LogP contribution in [0.3, 0.4) is 0 Å². The van der Waals surface area contributed by atoms with Crippen LogP contribution in [0.4, 0.5) is 5.13 Å². The zero-order valence-corrected chi connectivity index (χ0v) is 10.4. The van der Waals surface area contributed by atoms with E-state index in [0.717, 1.165) is 43.1 Å². The number of nitrogens with one attached hydrogen (secondary N) is 1. The van der Waals surface area contributed by atoms with Crippen LogP contribution in [0.15, 0.2) is 0 Å². The SMILES string of the molecule is CCc1nsc(NC2CCC(Cl)CC2)n1. The second-order valence-corrected chi connectivity index (χ2v) is 5.33. The van der Waals surface area contributed by atoms with Gasteiger partial charge in [0.25, 0.3) is 0 Å². The van der Waals surface area contributed by atoms with Crippen LogP contribution in [-0.4, -0.2) is 20.8 Å².